The van der Waals surface area contributed by atoms with E-state index in [2.05, 4.69) is 0 Å². The molecule has 0 spiro atoms. The van der Waals surface area contributed by atoms with Crippen LogP contribution in [0.25, 0.3) is 0 Å². The fourth-order valence-electron chi connectivity index (χ4n) is 0.850. The van der Waals surface area contributed by atoms with Crippen molar-refractivity contribution in [1.29, 1.82) is 5.26 Å². The van der Waals surface area contributed by atoms with E-state index in [0.717, 1.165) is 6.07 Å². The first-order valence-electron chi connectivity index (χ1n) is 3.57. The molecule has 0 aliphatic heterocycles. The minimum atomic E-state index is -2.93. The van der Waals surface area contributed by atoms with E-state index >= 15 is 0 Å². The van der Waals surface area contributed by atoms with Crippen LogP contribution in [-0.4, -0.2) is 11.6 Å². The molecule has 0 radical (unpaired) electrons. The van der Waals surface area contributed by atoms with Crippen LogP contribution in [0.4, 0.5) is 4.39 Å². The number of hydrogen-bond donors (Lipinski definition) is 1. The van der Waals surface area contributed by atoms with Crippen LogP contribution < -0.4 is 5.73 Å². The lowest BCUT2D eigenvalue weighted by Crippen LogP contribution is -2.41. The highest BCUT2D eigenvalue weighted by molar-refractivity contribution is 6.03. The summed E-state index contributed by atoms with van der Waals surface area (Å²) in [5, 5.41) is 8.25. The van der Waals surface area contributed by atoms with Gasteiger partial charge in [-0.2, -0.15) is 5.26 Å². The lowest BCUT2D eigenvalue weighted by atomic mass is 10.0. The highest BCUT2D eigenvalue weighted by Gasteiger charge is 2.34. The summed E-state index contributed by atoms with van der Waals surface area (Å²) in [5.41, 5.74) is 4.91. The van der Waals surface area contributed by atoms with Gasteiger partial charge < -0.3 is 0 Å². The number of halogens is 1. The number of carbonyl (C=O) groups is 1. The van der Waals surface area contributed by atoms with E-state index in [4.69, 9.17) is 11.0 Å². The fourth-order valence-corrected chi connectivity index (χ4v) is 0.850. The van der Waals surface area contributed by atoms with Crippen LogP contribution in [0.3, 0.4) is 0 Å². The van der Waals surface area contributed by atoms with E-state index < -0.39 is 11.6 Å². The highest BCUT2D eigenvalue weighted by Crippen LogP contribution is 2.11. The Labute approximate surface area is 74.6 Å². The first-order valence-corrected chi connectivity index (χ1v) is 3.57. The van der Waals surface area contributed by atoms with Gasteiger partial charge in [0.1, 0.15) is 6.07 Å². The molecule has 0 aromatic heterocycles. The highest BCUT2D eigenvalue weighted by atomic mass is 19.1. The standard InChI is InChI=1S/C9H7FN2O/c10-9(12,6-11)8(13)7-4-2-1-3-5-7/h1-5H,12H2. The summed E-state index contributed by atoms with van der Waals surface area (Å²) < 4.78 is 13.0. The van der Waals surface area contributed by atoms with Gasteiger partial charge in [-0.05, 0) is 0 Å². The number of rotatable bonds is 2. The molecule has 0 saturated heterocycles. The van der Waals surface area contributed by atoms with Crippen molar-refractivity contribution in [3.63, 3.8) is 0 Å². The molecule has 3 nitrogen and oxygen atoms in total. The van der Waals surface area contributed by atoms with E-state index in [9.17, 15) is 9.18 Å². The summed E-state index contributed by atoms with van der Waals surface area (Å²) in [4.78, 5) is 11.2. The van der Waals surface area contributed by atoms with Crippen LogP contribution in [0.1, 0.15) is 10.4 Å². The normalized spacial score (nSPS) is 14.2. The molecule has 1 atom stereocenters. The SMILES string of the molecule is N#CC(N)(F)C(=O)c1ccccc1. The molecule has 1 unspecified atom stereocenters. The molecule has 2 N–H and O–H groups in total. The molecule has 13 heavy (non-hydrogen) atoms. The number of hydrogen-bond acceptors (Lipinski definition) is 3. The molecule has 0 aliphatic carbocycles. The number of alkyl halides is 1. The number of Topliss-reactive ketones (excluding diaryl/α,β-unsaturated/α-hetero) is 1. The van der Waals surface area contributed by atoms with Gasteiger partial charge in [-0.1, -0.05) is 30.3 Å². The molecule has 1 aromatic rings. The molecule has 1 rings (SSSR count). The molecule has 0 bridgehead atoms. The summed E-state index contributed by atoms with van der Waals surface area (Å²) in [5.74, 6) is -3.95. The van der Waals surface area contributed by atoms with Crippen molar-refractivity contribution in [2.75, 3.05) is 0 Å². The van der Waals surface area contributed by atoms with E-state index in [-0.39, 0.29) is 5.56 Å². The predicted octanol–water partition coefficient (Wildman–Crippen LogP) is 1.02. The molecule has 0 saturated carbocycles. The number of carbonyl (C=O) groups excluding carboxylic acids is 1. The predicted molar refractivity (Wildman–Crippen MR) is 44.4 cm³/mol. The average molecular weight is 178 g/mol. The first-order chi connectivity index (χ1) is 6.08. The van der Waals surface area contributed by atoms with Crippen LogP contribution in [-0.2, 0) is 0 Å². The van der Waals surface area contributed by atoms with Crippen LogP contribution >= 0.6 is 0 Å². The minimum Gasteiger partial charge on any atom is -0.288 e. The van der Waals surface area contributed by atoms with Crippen molar-refractivity contribution < 1.29 is 9.18 Å². The van der Waals surface area contributed by atoms with E-state index in [1.807, 2.05) is 0 Å². The Morgan fingerprint density at radius 1 is 1.46 bits per heavy atom. The first kappa shape index (κ1) is 9.36. The largest absolute Gasteiger partial charge is 0.308 e. The molecular weight excluding hydrogens is 171 g/mol. The number of benzene rings is 1. The summed E-state index contributed by atoms with van der Waals surface area (Å²) >= 11 is 0. The Hall–Kier alpha value is -1.73. The van der Waals surface area contributed by atoms with E-state index in [0.29, 0.717) is 0 Å². The second-order valence-electron chi connectivity index (χ2n) is 2.52. The van der Waals surface area contributed by atoms with Gasteiger partial charge in [-0.25, -0.2) is 4.39 Å². The van der Waals surface area contributed by atoms with Crippen molar-refractivity contribution in [3.8, 4) is 6.07 Å². The Kier molecular flexibility index (Phi) is 2.40. The molecule has 0 heterocycles. The van der Waals surface area contributed by atoms with Crippen LogP contribution in [0, 0.1) is 11.3 Å². The van der Waals surface area contributed by atoms with Gasteiger partial charge in [0, 0.05) is 5.56 Å². The quantitative estimate of drug-likeness (QED) is 0.543. The molecule has 1 aromatic carbocycles. The summed E-state index contributed by atoms with van der Waals surface area (Å²) in [6.07, 6.45) is 0. The Bertz CT molecular complexity index is 354. The Morgan fingerprint density at radius 2 is 2.00 bits per heavy atom. The summed E-state index contributed by atoms with van der Waals surface area (Å²) in [6, 6.07) is 8.73. The summed E-state index contributed by atoms with van der Waals surface area (Å²) in [6.45, 7) is 0. The maximum atomic E-state index is 13.0. The fraction of sp³-hybridized carbons (Fsp3) is 0.111. The lowest BCUT2D eigenvalue weighted by Gasteiger charge is -2.08. The monoisotopic (exact) mass is 178 g/mol. The third-order valence-electron chi connectivity index (χ3n) is 1.53. The second-order valence-corrected chi connectivity index (χ2v) is 2.52. The van der Waals surface area contributed by atoms with E-state index in [1.165, 1.54) is 12.1 Å². The maximum absolute atomic E-state index is 13.0. The third-order valence-corrected chi connectivity index (χ3v) is 1.53. The Balaban J connectivity index is 3.01. The number of nitrogens with two attached hydrogens (primary N) is 1. The minimum absolute atomic E-state index is 0.0917. The van der Waals surface area contributed by atoms with Crippen LogP contribution in [0.5, 0.6) is 0 Å². The van der Waals surface area contributed by atoms with Crippen molar-refractivity contribution in [1.82, 2.24) is 0 Å². The van der Waals surface area contributed by atoms with Crippen molar-refractivity contribution >= 4 is 5.78 Å². The maximum Gasteiger partial charge on any atom is 0.308 e. The van der Waals surface area contributed by atoms with E-state index in [1.54, 1.807) is 18.2 Å². The molecule has 0 amide bonds. The third kappa shape index (κ3) is 1.89. The number of nitrogens with zero attached hydrogens (tertiary/aromatic N) is 1. The molecule has 0 aliphatic rings. The lowest BCUT2D eigenvalue weighted by molar-refractivity contribution is 0.0800. The van der Waals surface area contributed by atoms with Crippen LogP contribution in [0.2, 0.25) is 0 Å². The summed E-state index contributed by atoms with van der Waals surface area (Å²) in [7, 11) is 0. The van der Waals surface area contributed by atoms with Gasteiger partial charge in [0.2, 0.25) is 5.78 Å². The molecule has 66 valence electrons. The molecule has 4 heteroatoms. The zero-order chi connectivity index (χ0) is 9.90. The van der Waals surface area contributed by atoms with Gasteiger partial charge in [-0.15, -0.1) is 0 Å². The van der Waals surface area contributed by atoms with Gasteiger partial charge in [-0.3, -0.25) is 10.5 Å². The van der Waals surface area contributed by atoms with Gasteiger partial charge in [0.25, 0.3) is 0 Å². The van der Waals surface area contributed by atoms with Crippen molar-refractivity contribution in [2.45, 2.75) is 5.79 Å². The average Bonchev–Trinajstić information content (AvgIpc) is 2.18. The van der Waals surface area contributed by atoms with Gasteiger partial charge >= 0.3 is 5.79 Å². The van der Waals surface area contributed by atoms with Gasteiger partial charge in [0.15, 0.2) is 0 Å². The van der Waals surface area contributed by atoms with Crippen molar-refractivity contribution in [2.24, 2.45) is 5.73 Å². The zero-order valence-corrected chi connectivity index (χ0v) is 6.70. The molecule has 0 fully saturated rings. The zero-order valence-electron chi connectivity index (χ0n) is 6.70. The topological polar surface area (TPSA) is 66.9 Å². The van der Waals surface area contributed by atoms with Gasteiger partial charge in [0.05, 0.1) is 0 Å². The Morgan fingerprint density at radius 3 is 2.46 bits per heavy atom. The van der Waals surface area contributed by atoms with Crippen molar-refractivity contribution in [3.05, 3.63) is 35.9 Å². The second kappa shape index (κ2) is 3.33. The number of ketones is 1. The number of nitriles is 1. The smallest absolute Gasteiger partial charge is 0.288 e. The van der Waals surface area contributed by atoms with Crippen LogP contribution in [0.15, 0.2) is 30.3 Å². The molecular formula is C9H7FN2O.